The van der Waals surface area contributed by atoms with Gasteiger partial charge in [0.1, 0.15) is 0 Å². The molecule has 2 rings (SSSR count). The lowest BCUT2D eigenvalue weighted by Gasteiger charge is -2.11. The van der Waals surface area contributed by atoms with Crippen LogP contribution in [-0.4, -0.2) is 12.5 Å². The minimum Gasteiger partial charge on any atom is -0.351 e. The summed E-state index contributed by atoms with van der Waals surface area (Å²) >= 11 is 5.56. The van der Waals surface area contributed by atoms with Crippen LogP contribution < -0.4 is 5.32 Å². The molecule has 0 aromatic carbocycles. The van der Waals surface area contributed by atoms with E-state index in [1.807, 2.05) is 0 Å². The zero-order valence-corrected chi connectivity index (χ0v) is 8.31. The van der Waals surface area contributed by atoms with Crippen LogP contribution in [-0.2, 0) is 4.79 Å². The molecule has 2 atom stereocenters. The highest BCUT2D eigenvalue weighted by molar-refractivity contribution is 6.29. The van der Waals surface area contributed by atoms with Gasteiger partial charge in [-0.05, 0) is 31.1 Å². The molecule has 0 heterocycles. The summed E-state index contributed by atoms with van der Waals surface area (Å²) in [5, 5.41) is 3.29. The fraction of sp³-hybridized carbons (Fsp3) is 0.700. The first kappa shape index (κ1) is 9.07. The SMILES string of the molecule is C=C(Cl)CNC(=O)C1CC2CC2C1. The zero-order chi connectivity index (χ0) is 9.42. The molecule has 0 aliphatic heterocycles. The molecule has 0 aromatic heterocycles. The number of hydrogen-bond acceptors (Lipinski definition) is 1. The van der Waals surface area contributed by atoms with Crippen LogP contribution in [0.5, 0.6) is 0 Å². The molecule has 0 radical (unpaired) electrons. The normalized spacial score (nSPS) is 35.3. The van der Waals surface area contributed by atoms with Crippen molar-refractivity contribution in [1.29, 1.82) is 0 Å². The zero-order valence-electron chi connectivity index (χ0n) is 7.55. The number of nitrogens with one attached hydrogen (secondary N) is 1. The van der Waals surface area contributed by atoms with Crippen LogP contribution in [0.2, 0.25) is 0 Å². The van der Waals surface area contributed by atoms with Gasteiger partial charge in [0.05, 0.1) is 6.54 Å². The lowest BCUT2D eigenvalue weighted by Crippen LogP contribution is -2.30. The first-order valence-corrected chi connectivity index (χ1v) is 5.15. The van der Waals surface area contributed by atoms with Gasteiger partial charge in [-0.15, -0.1) is 0 Å². The maximum atomic E-state index is 11.5. The largest absolute Gasteiger partial charge is 0.351 e. The molecule has 13 heavy (non-hydrogen) atoms. The van der Waals surface area contributed by atoms with Gasteiger partial charge < -0.3 is 5.32 Å². The highest BCUT2D eigenvalue weighted by Crippen LogP contribution is 2.54. The van der Waals surface area contributed by atoms with Crippen molar-refractivity contribution in [2.24, 2.45) is 17.8 Å². The topological polar surface area (TPSA) is 29.1 Å². The summed E-state index contributed by atoms with van der Waals surface area (Å²) in [7, 11) is 0. The quantitative estimate of drug-likeness (QED) is 0.739. The molecule has 2 fully saturated rings. The molecular weight excluding hydrogens is 186 g/mol. The van der Waals surface area contributed by atoms with Gasteiger partial charge >= 0.3 is 0 Å². The molecule has 1 N–H and O–H groups in total. The predicted molar refractivity (Wildman–Crippen MR) is 52.3 cm³/mol. The summed E-state index contributed by atoms with van der Waals surface area (Å²) in [5.74, 6) is 2.12. The smallest absolute Gasteiger partial charge is 0.223 e. The Hall–Kier alpha value is -0.500. The van der Waals surface area contributed by atoms with E-state index < -0.39 is 0 Å². The summed E-state index contributed by atoms with van der Waals surface area (Å²) in [6.07, 6.45) is 3.53. The summed E-state index contributed by atoms with van der Waals surface area (Å²) in [5.41, 5.74) is 0. The minimum absolute atomic E-state index is 0.161. The first-order chi connectivity index (χ1) is 6.16. The molecule has 2 aliphatic rings. The van der Waals surface area contributed by atoms with E-state index in [4.69, 9.17) is 11.6 Å². The Morgan fingerprint density at radius 3 is 2.54 bits per heavy atom. The van der Waals surface area contributed by atoms with E-state index in [2.05, 4.69) is 11.9 Å². The van der Waals surface area contributed by atoms with Gasteiger partial charge in [-0.25, -0.2) is 0 Å². The number of rotatable bonds is 3. The molecule has 3 heteroatoms. The van der Waals surface area contributed by atoms with Crippen molar-refractivity contribution in [3.63, 3.8) is 0 Å². The molecule has 72 valence electrons. The monoisotopic (exact) mass is 199 g/mol. The average molecular weight is 200 g/mol. The number of hydrogen-bond donors (Lipinski definition) is 1. The maximum Gasteiger partial charge on any atom is 0.223 e. The van der Waals surface area contributed by atoms with Crippen LogP contribution in [0.3, 0.4) is 0 Å². The Morgan fingerprint density at radius 2 is 2.00 bits per heavy atom. The average Bonchev–Trinajstić information content (AvgIpc) is 2.69. The van der Waals surface area contributed by atoms with Crippen molar-refractivity contribution in [2.75, 3.05) is 6.54 Å². The Balaban J connectivity index is 1.74. The van der Waals surface area contributed by atoms with Crippen molar-refractivity contribution in [3.05, 3.63) is 11.6 Å². The standard InChI is InChI=1S/C10H14ClNO/c1-6(11)5-12-10(13)9-3-7-2-8(7)4-9/h7-9H,1-5H2,(H,12,13). The number of carbonyl (C=O) groups is 1. The van der Waals surface area contributed by atoms with Gasteiger partial charge in [-0.2, -0.15) is 0 Å². The number of amides is 1. The first-order valence-electron chi connectivity index (χ1n) is 4.78. The second-order valence-corrected chi connectivity index (χ2v) is 4.69. The number of halogens is 1. The Morgan fingerprint density at radius 1 is 1.38 bits per heavy atom. The molecule has 2 aliphatic carbocycles. The third-order valence-corrected chi connectivity index (χ3v) is 3.20. The summed E-state index contributed by atoms with van der Waals surface area (Å²) in [4.78, 5) is 11.5. The molecular formula is C10H14ClNO. The molecule has 0 spiro atoms. The Labute approximate surface area is 83.3 Å². The molecule has 1 amide bonds. The van der Waals surface area contributed by atoms with E-state index >= 15 is 0 Å². The van der Waals surface area contributed by atoms with Crippen molar-refractivity contribution < 1.29 is 4.79 Å². The summed E-state index contributed by atoms with van der Waals surface area (Å²) < 4.78 is 0. The van der Waals surface area contributed by atoms with Crippen LogP contribution in [0.4, 0.5) is 0 Å². The van der Waals surface area contributed by atoms with Crippen molar-refractivity contribution in [1.82, 2.24) is 5.32 Å². The van der Waals surface area contributed by atoms with Crippen LogP contribution >= 0.6 is 11.6 Å². The van der Waals surface area contributed by atoms with E-state index in [0.29, 0.717) is 11.6 Å². The van der Waals surface area contributed by atoms with Crippen molar-refractivity contribution >= 4 is 17.5 Å². The molecule has 0 saturated heterocycles. The molecule has 0 bridgehead atoms. The van der Waals surface area contributed by atoms with Crippen LogP contribution in [0.25, 0.3) is 0 Å². The van der Waals surface area contributed by atoms with Crippen molar-refractivity contribution in [3.8, 4) is 0 Å². The van der Waals surface area contributed by atoms with Gasteiger partial charge in [0.2, 0.25) is 5.91 Å². The molecule has 2 nitrogen and oxygen atoms in total. The second kappa shape index (κ2) is 3.33. The van der Waals surface area contributed by atoms with Crippen LogP contribution in [0.15, 0.2) is 11.6 Å². The van der Waals surface area contributed by atoms with E-state index in [9.17, 15) is 4.79 Å². The van der Waals surface area contributed by atoms with Crippen LogP contribution in [0, 0.1) is 17.8 Å². The van der Waals surface area contributed by atoms with Gasteiger partial charge in [-0.1, -0.05) is 18.2 Å². The summed E-state index contributed by atoms with van der Waals surface area (Å²) in [6.45, 7) is 3.94. The van der Waals surface area contributed by atoms with E-state index in [0.717, 1.165) is 24.7 Å². The number of fused-ring (bicyclic) bond motifs is 1. The van der Waals surface area contributed by atoms with Crippen molar-refractivity contribution in [2.45, 2.75) is 19.3 Å². The van der Waals surface area contributed by atoms with E-state index in [1.54, 1.807) is 0 Å². The summed E-state index contributed by atoms with van der Waals surface area (Å²) in [6, 6.07) is 0. The molecule has 2 unspecified atom stereocenters. The van der Waals surface area contributed by atoms with Crippen LogP contribution in [0.1, 0.15) is 19.3 Å². The fourth-order valence-corrected chi connectivity index (χ4v) is 2.32. The lowest BCUT2D eigenvalue weighted by molar-refractivity contribution is -0.124. The maximum absolute atomic E-state index is 11.5. The fourth-order valence-electron chi connectivity index (χ4n) is 2.26. The van der Waals surface area contributed by atoms with Gasteiger partial charge in [0, 0.05) is 11.0 Å². The lowest BCUT2D eigenvalue weighted by atomic mass is 10.0. The molecule has 2 saturated carbocycles. The number of carbonyl (C=O) groups excluding carboxylic acids is 1. The predicted octanol–water partition coefficient (Wildman–Crippen LogP) is 1.90. The second-order valence-electron chi connectivity index (χ2n) is 4.16. The van der Waals surface area contributed by atoms with E-state index in [1.165, 1.54) is 6.42 Å². The van der Waals surface area contributed by atoms with Gasteiger partial charge in [-0.3, -0.25) is 4.79 Å². The minimum atomic E-state index is 0.161. The van der Waals surface area contributed by atoms with E-state index in [-0.39, 0.29) is 11.8 Å². The van der Waals surface area contributed by atoms with Gasteiger partial charge in [0.15, 0.2) is 0 Å². The third kappa shape index (κ3) is 2.05. The Bertz CT molecular complexity index is 241. The highest BCUT2D eigenvalue weighted by atomic mass is 35.5. The Kier molecular flexibility index (Phi) is 2.33. The van der Waals surface area contributed by atoms with Gasteiger partial charge in [0.25, 0.3) is 0 Å². The third-order valence-electron chi connectivity index (χ3n) is 3.07. The highest BCUT2D eigenvalue weighted by Gasteiger charge is 2.47. The molecule has 0 aromatic rings.